The number of amides is 2. The molecule has 2 amide bonds. The molecule has 1 heterocycles. The van der Waals surface area contributed by atoms with E-state index in [0.29, 0.717) is 18.7 Å². The molecule has 1 saturated heterocycles. The standard InChI is InChI=1S/C14H19N3O2/c1-10(15)9-13(18)16-11-5-2-3-6-12(11)17-8-4-7-14(17)19/h2-3,5-6,10H,4,7-9,15H2,1H3,(H,16,18). The van der Waals surface area contributed by atoms with Gasteiger partial charge >= 0.3 is 0 Å². The van der Waals surface area contributed by atoms with Crippen LogP contribution in [-0.2, 0) is 9.59 Å². The molecule has 0 spiro atoms. The molecule has 1 aromatic carbocycles. The summed E-state index contributed by atoms with van der Waals surface area (Å²) in [4.78, 5) is 25.3. The zero-order valence-corrected chi connectivity index (χ0v) is 11.1. The van der Waals surface area contributed by atoms with Crippen molar-refractivity contribution in [2.45, 2.75) is 32.2 Å². The highest BCUT2D eigenvalue weighted by Crippen LogP contribution is 2.29. The number of hydrogen-bond donors (Lipinski definition) is 2. The zero-order chi connectivity index (χ0) is 13.8. The van der Waals surface area contributed by atoms with Gasteiger partial charge in [-0.15, -0.1) is 0 Å². The molecular formula is C14H19N3O2. The van der Waals surface area contributed by atoms with E-state index in [2.05, 4.69) is 5.32 Å². The number of carbonyl (C=O) groups is 2. The van der Waals surface area contributed by atoms with Gasteiger partial charge in [-0.3, -0.25) is 9.59 Å². The van der Waals surface area contributed by atoms with Gasteiger partial charge in [-0.05, 0) is 25.5 Å². The highest BCUT2D eigenvalue weighted by atomic mass is 16.2. The summed E-state index contributed by atoms with van der Waals surface area (Å²) in [5, 5.41) is 2.83. The molecule has 3 N–H and O–H groups in total. The minimum Gasteiger partial charge on any atom is -0.327 e. The Morgan fingerprint density at radius 1 is 1.47 bits per heavy atom. The molecule has 0 aromatic heterocycles. The molecule has 1 unspecified atom stereocenters. The van der Waals surface area contributed by atoms with Crippen LogP contribution in [0.2, 0.25) is 0 Å². The summed E-state index contributed by atoms with van der Waals surface area (Å²) < 4.78 is 0. The number of hydrogen-bond acceptors (Lipinski definition) is 3. The van der Waals surface area contributed by atoms with Crippen molar-refractivity contribution < 1.29 is 9.59 Å². The van der Waals surface area contributed by atoms with Crippen molar-refractivity contribution in [3.8, 4) is 0 Å². The summed E-state index contributed by atoms with van der Waals surface area (Å²) in [5.41, 5.74) is 7.04. The average molecular weight is 261 g/mol. The largest absolute Gasteiger partial charge is 0.327 e. The first-order valence-corrected chi connectivity index (χ1v) is 6.53. The molecule has 0 saturated carbocycles. The van der Waals surface area contributed by atoms with E-state index in [1.165, 1.54) is 0 Å². The predicted octanol–water partition coefficient (Wildman–Crippen LogP) is 1.49. The molecule has 1 aliphatic heterocycles. The molecule has 0 bridgehead atoms. The second-order valence-corrected chi connectivity index (χ2v) is 4.90. The van der Waals surface area contributed by atoms with Gasteiger partial charge in [0.15, 0.2) is 0 Å². The molecule has 0 aliphatic carbocycles. The Morgan fingerprint density at radius 3 is 2.84 bits per heavy atom. The van der Waals surface area contributed by atoms with Crippen LogP contribution in [0, 0.1) is 0 Å². The van der Waals surface area contributed by atoms with E-state index < -0.39 is 0 Å². The third kappa shape index (κ3) is 3.32. The molecule has 5 heteroatoms. The summed E-state index contributed by atoms with van der Waals surface area (Å²) in [7, 11) is 0. The summed E-state index contributed by atoms with van der Waals surface area (Å²) in [5.74, 6) is -0.0250. The monoisotopic (exact) mass is 261 g/mol. The number of anilines is 2. The maximum atomic E-state index is 11.8. The van der Waals surface area contributed by atoms with E-state index in [1.807, 2.05) is 18.2 Å². The van der Waals surface area contributed by atoms with E-state index in [-0.39, 0.29) is 24.3 Å². The number of para-hydroxylation sites is 2. The lowest BCUT2D eigenvalue weighted by molar-refractivity contribution is -0.117. The predicted molar refractivity (Wildman–Crippen MR) is 74.9 cm³/mol. The van der Waals surface area contributed by atoms with Gasteiger partial charge in [0.1, 0.15) is 0 Å². The lowest BCUT2D eigenvalue weighted by Gasteiger charge is -2.20. The van der Waals surface area contributed by atoms with Crippen LogP contribution in [-0.4, -0.2) is 24.4 Å². The van der Waals surface area contributed by atoms with Crippen LogP contribution in [0.25, 0.3) is 0 Å². The quantitative estimate of drug-likeness (QED) is 0.862. The van der Waals surface area contributed by atoms with Crippen molar-refractivity contribution >= 4 is 23.2 Å². The number of rotatable bonds is 4. The molecular weight excluding hydrogens is 242 g/mol. The molecule has 102 valence electrons. The van der Waals surface area contributed by atoms with Crippen LogP contribution in [0.5, 0.6) is 0 Å². The van der Waals surface area contributed by atoms with E-state index in [4.69, 9.17) is 5.73 Å². The van der Waals surface area contributed by atoms with Crippen molar-refractivity contribution in [1.29, 1.82) is 0 Å². The highest BCUT2D eigenvalue weighted by molar-refractivity contribution is 6.02. The number of nitrogens with one attached hydrogen (secondary N) is 1. The van der Waals surface area contributed by atoms with Gasteiger partial charge in [0, 0.05) is 25.4 Å². The number of nitrogens with two attached hydrogens (primary N) is 1. The average Bonchev–Trinajstić information content (AvgIpc) is 2.75. The Hall–Kier alpha value is -1.88. The Labute approximate surface area is 112 Å². The van der Waals surface area contributed by atoms with Crippen LogP contribution in [0.4, 0.5) is 11.4 Å². The first kappa shape index (κ1) is 13.5. The second kappa shape index (κ2) is 5.84. The van der Waals surface area contributed by atoms with Crippen LogP contribution >= 0.6 is 0 Å². The fraction of sp³-hybridized carbons (Fsp3) is 0.429. The van der Waals surface area contributed by atoms with Crippen LogP contribution in [0.1, 0.15) is 26.2 Å². The molecule has 2 rings (SSSR count). The Balaban J connectivity index is 2.16. The first-order valence-electron chi connectivity index (χ1n) is 6.53. The minimum absolute atomic E-state index is 0.105. The van der Waals surface area contributed by atoms with Gasteiger partial charge < -0.3 is 16.0 Å². The van der Waals surface area contributed by atoms with Crippen LogP contribution < -0.4 is 16.0 Å². The molecule has 1 aliphatic rings. The van der Waals surface area contributed by atoms with Crippen LogP contribution in [0.15, 0.2) is 24.3 Å². The SMILES string of the molecule is CC(N)CC(=O)Nc1ccccc1N1CCCC1=O. The summed E-state index contributed by atoms with van der Waals surface area (Å²) in [6.45, 7) is 2.49. The van der Waals surface area contributed by atoms with Gasteiger partial charge in [-0.25, -0.2) is 0 Å². The van der Waals surface area contributed by atoms with Gasteiger partial charge in [0.25, 0.3) is 0 Å². The molecule has 1 atom stereocenters. The molecule has 19 heavy (non-hydrogen) atoms. The van der Waals surface area contributed by atoms with Gasteiger partial charge in [-0.2, -0.15) is 0 Å². The van der Waals surface area contributed by atoms with Gasteiger partial charge in [-0.1, -0.05) is 12.1 Å². The zero-order valence-electron chi connectivity index (χ0n) is 11.1. The van der Waals surface area contributed by atoms with E-state index in [0.717, 1.165) is 12.1 Å². The number of benzene rings is 1. The minimum atomic E-state index is -0.180. The third-order valence-electron chi connectivity index (χ3n) is 3.05. The topological polar surface area (TPSA) is 75.4 Å². The van der Waals surface area contributed by atoms with Crippen molar-refractivity contribution in [3.05, 3.63) is 24.3 Å². The van der Waals surface area contributed by atoms with E-state index in [1.54, 1.807) is 17.9 Å². The lowest BCUT2D eigenvalue weighted by Crippen LogP contribution is -2.27. The van der Waals surface area contributed by atoms with E-state index >= 15 is 0 Å². The van der Waals surface area contributed by atoms with Crippen molar-refractivity contribution in [3.63, 3.8) is 0 Å². The summed E-state index contributed by atoms with van der Waals surface area (Å²) in [6.07, 6.45) is 1.70. The fourth-order valence-electron chi connectivity index (χ4n) is 2.21. The van der Waals surface area contributed by atoms with Crippen LogP contribution in [0.3, 0.4) is 0 Å². The van der Waals surface area contributed by atoms with Gasteiger partial charge in [0.05, 0.1) is 11.4 Å². The Bertz CT molecular complexity index is 485. The maximum absolute atomic E-state index is 11.8. The summed E-state index contributed by atoms with van der Waals surface area (Å²) >= 11 is 0. The first-order chi connectivity index (χ1) is 9.08. The number of nitrogens with zero attached hydrogens (tertiary/aromatic N) is 1. The van der Waals surface area contributed by atoms with Crippen molar-refractivity contribution in [2.75, 3.05) is 16.8 Å². The number of carbonyl (C=O) groups excluding carboxylic acids is 2. The molecule has 1 aromatic rings. The normalized spacial score (nSPS) is 16.5. The second-order valence-electron chi connectivity index (χ2n) is 4.90. The van der Waals surface area contributed by atoms with Crippen molar-refractivity contribution in [2.24, 2.45) is 5.73 Å². The van der Waals surface area contributed by atoms with E-state index in [9.17, 15) is 9.59 Å². The smallest absolute Gasteiger partial charge is 0.227 e. The Kier molecular flexibility index (Phi) is 4.16. The molecule has 1 fully saturated rings. The van der Waals surface area contributed by atoms with Gasteiger partial charge in [0.2, 0.25) is 11.8 Å². The summed E-state index contributed by atoms with van der Waals surface area (Å²) in [6, 6.07) is 7.18. The lowest BCUT2D eigenvalue weighted by atomic mass is 10.2. The van der Waals surface area contributed by atoms with Crippen molar-refractivity contribution in [1.82, 2.24) is 0 Å². The third-order valence-corrected chi connectivity index (χ3v) is 3.05. The molecule has 5 nitrogen and oxygen atoms in total. The fourth-order valence-corrected chi connectivity index (χ4v) is 2.21. The Morgan fingerprint density at radius 2 is 2.21 bits per heavy atom. The maximum Gasteiger partial charge on any atom is 0.227 e. The molecule has 0 radical (unpaired) electrons. The highest BCUT2D eigenvalue weighted by Gasteiger charge is 2.24.